The molecule has 0 bridgehead atoms. The summed E-state index contributed by atoms with van der Waals surface area (Å²) in [5.41, 5.74) is 3.37. The van der Waals surface area contributed by atoms with Crippen LogP contribution in [0, 0.1) is 6.92 Å². The normalized spacial score (nSPS) is 15.9. The predicted molar refractivity (Wildman–Crippen MR) is 139 cm³/mol. The second-order valence-electron chi connectivity index (χ2n) is 9.84. The van der Waals surface area contributed by atoms with Crippen LogP contribution in [0.4, 0.5) is 10.6 Å². The summed E-state index contributed by atoms with van der Waals surface area (Å²) in [7, 11) is 0. The van der Waals surface area contributed by atoms with E-state index in [1.165, 1.54) is 0 Å². The Labute approximate surface area is 207 Å². The summed E-state index contributed by atoms with van der Waals surface area (Å²) < 4.78 is 11.8. The minimum atomic E-state index is -0.523. The van der Waals surface area contributed by atoms with Crippen LogP contribution in [0.5, 0.6) is 5.88 Å². The molecule has 182 valence electrons. The van der Waals surface area contributed by atoms with E-state index in [0.717, 1.165) is 35.2 Å². The van der Waals surface area contributed by atoms with E-state index < -0.39 is 5.60 Å². The molecule has 4 rings (SSSR count). The highest BCUT2D eigenvalue weighted by atomic mass is 16.6. The van der Waals surface area contributed by atoms with Gasteiger partial charge in [-0.15, -0.1) is 0 Å². The van der Waals surface area contributed by atoms with E-state index in [2.05, 4.69) is 0 Å². The van der Waals surface area contributed by atoms with Gasteiger partial charge in [0.2, 0.25) is 5.88 Å². The first-order chi connectivity index (χ1) is 16.8. The molecule has 2 aromatic carbocycles. The van der Waals surface area contributed by atoms with Crippen LogP contribution in [0.25, 0.3) is 0 Å². The Balaban J connectivity index is 1.56. The molecule has 0 spiro atoms. The van der Waals surface area contributed by atoms with Crippen LogP contribution in [0.15, 0.2) is 77.8 Å². The van der Waals surface area contributed by atoms with Crippen LogP contribution >= 0.6 is 0 Å². The number of likely N-dealkylation sites (tertiary alicyclic amines) is 1. The molecule has 1 amide bonds. The largest absolute Gasteiger partial charge is 0.472 e. The van der Waals surface area contributed by atoms with Crippen LogP contribution in [0.1, 0.15) is 50.3 Å². The molecule has 0 radical (unpaired) electrons. The fraction of sp³-hybridized carbons (Fsp3) is 0.345. The number of piperidine rings is 1. The molecule has 1 fully saturated rings. The summed E-state index contributed by atoms with van der Waals surface area (Å²) in [6, 6.07) is 24.1. The van der Waals surface area contributed by atoms with Crippen LogP contribution in [-0.4, -0.2) is 46.5 Å². The number of nitrogens with zero attached hydrogens (tertiary/aromatic N) is 3. The minimum Gasteiger partial charge on any atom is -0.472 e. The third-order valence-corrected chi connectivity index (χ3v) is 5.57. The zero-order chi connectivity index (χ0) is 24.8. The topological polar surface area (TPSA) is 64.0 Å². The number of carbonyl (C=O) groups excluding carboxylic acids is 1. The maximum atomic E-state index is 12.5. The molecular formula is C29H33N3O3. The van der Waals surface area contributed by atoms with Crippen LogP contribution in [0.3, 0.4) is 0 Å². The summed E-state index contributed by atoms with van der Waals surface area (Å²) in [6.07, 6.45) is 1.26. The molecule has 0 saturated carbocycles. The van der Waals surface area contributed by atoms with Crippen molar-refractivity contribution < 1.29 is 14.3 Å². The Bertz CT molecular complexity index is 1130. The van der Waals surface area contributed by atoms with E-state index in [9.17, 15) is 4.79 Å². The smallest absolute Gasteiger partial charge is 0.410 e. The number of pyridine rings is 1. The fourth-order valence-corrected chi connectivity index (χ4v) is 4.03. The van der Waals surface area contributed by atoms with E-state index in [0.29, 0.717) is 24.8 Å². The lowest BCUT2D eigenvalue weighted by molar-refractivity contribution is 0.00722. The molecule has 0 aliphatic carbocycles. The summed E-state index contributed by atoms with van der Waals surface area (Å²) in [5.74, 6) is 1.10. The highest BCUT2D eigenvalue weighted by molar-refractivity contribution is 6.13. The van der Waals surface area contributed by atoms with Crippen molar-refractivity contribution in [2.45, 2.75) is 52.2 Å². The molecule has 1 aliphatic heterocycles. The van der Waals surface area contributed by atoms with Gasteiger partial charge in [0.25, 0.3) is 0 Å². The lowest BCUT2D eigenvalue weighted by atomic mass is 10.0. The third kappa shape index (κ3) is 6.92. The highest BCUT2D eigenvalue weighted by Gasteiger charge is 2.28. The van der Waals surface area contributed by atoms with Crippen molar-refractivity contribution in [3.05, 3.63) is 89.5 Å². The maximum absolute atomic E-state index is 12.5. The van der Waals surface area contributed by atoms with Crippen molar-refractivity contribution in [2.24, 2.45) is 4.99 Å². The number of rotatable bonds is 5. The fourth-order valence-electron chi connectivity index (χ4n) is 4.03. The van der Waals surface area contributed by atoms with Crippen molar-refractivity contribution >= 4 is 17.6 Å². The molecule has 0 unspecified atom stereocenters. The lowest BCUT2D eigenvalue weighted by Crippen LogP contribution is -2.46. The monoisotopic (exact) mass is 471 g/mol. The zero-order valence-corrected chi connectivity index (χ0v) is 20.9. The summed E-state index contributed by atoms with van der Waals surface area (Å²) in [4.78, 5) is 23.9. The van der Waals surface area contributed by atoms with Gasteiger partial charge in [-0.3, -0.25) is 0 Å². The second-order valence-corrected chi connectivity index (χ2v) is 9.84. The Morgan fingerprint density at radius 3 is 2.23 bits per heavy atom. The number of benzene rings is 2. The first-order valence-electron chi connectivity index (χ1n) is 12.1. The Morgan fingerprint density at radius 1 is 1.00 bits per heavy atom. The number of aromatic nitrogens is 1. The van der Waals surface area contributed by atoms with Crippen molar-refractivity contribution in [1.82, 2.24) is 9.88 Å². The number of hydrogen-bond donors (Lipinski definition) is 0. The van der Waals surface area contributed by atoms with Crippen molar-refractivity contribution in [3.8, 4) is 5.88 Å². The molecule has 1 aliphatic rings. The van der Waals surface area contributed by atoms with Gasteiger partial charge in [-0.05, 0) is 52.2 Å². The Hall–Kier alpha value is -3.67. The number of aliphatic imine (C=N–C) groups is 1. The summed E-state index contributed by atoms with van der Waals surface area (Å²) in [6.45, 7) is 8.78. The number of amides is 1. The van der Waals surface area contributed by atoms with Gasteiger partial charge in [0.05, 0.1) is 12.3 Å². The van der Waals surface area contributed by atoms with Gasteiger partial charge in [0.15, 0.2) is 5.82 Å². The molecule has 6 heteroatoms. The van der Waals surface area contributed by atoms with Crippen molar-refractivity contribution in [1.29, 1.82) is 0 Å². The van der Waals surface area contributed by atoms with Gasteiger partial charge >= 0.3 is 6.09 Å². The lowest BCUT2D eigenvalue weighted by Gasteiger charge is -2.34. The zero-order valence-electron chi connectivity index (χ0n) is 20.9. The molecule has 1 atom stereocenters. The maximum Gasteiger partial charge on any atom is 0.410 e. The first kappa shape index (κ1) is 24.5. The minimum absolute atomic E-state index is 0.148. The SMILES string of the molecule is Cc1cc(N=C(c2ccccc2)c2ccccc2)nc(O[C@H]2CCCN(C(=O)OC(C)(C)C)C2)c1. The standard InChI is InChI=1S/C29H33N3O3/c1-21-18-25(31-27(22-12-7-5-8-13-22)23-14-9-6-10-15-23)30-26(19-21)34-24-16-11-17-32(20-24)28(33)35-29(2,3)4/h5-10,12-15,18-19,24H,11,16-17,20H2,1-4H3/t24-/m0/s1. The number of hydrogen-bond acceptors (Lipinski definition) is 5. The van der Waals surface area contributed by atoms with Crippen LogP contribution in [-0.2, 0) is 4.74 Å². The van der Waals surface area contributed by atoms with E-state index in [1.807, 2.05) is 100 Å². The summed E-state index contributed by atoms with van der Waals surface area (Å²) in [5, 5.41) is 0. The van der Waals surface area contributed by atoms with E-state index in [1.54, 1.807) is 4.90 Å². The van der Waals surface area contributed by atoms with Gasteiger partial charge in [-0.25, -0.2) is 9.79 Å². The van der Waals surface area contributed by atoms with Crippen molar-refractivity contribution in [2.75, 3.05) is 13.1 Å². The van der Waals surface area contributed by atoms with Gasteiger partial charge in [0, 0.05) is 23.7 Å². The number of ether oxygens (including phenoxy) is 2. The molecule has 3 aromatic rings. The van der Waals surface area contributed by atoms with Gasteiger partial charge in [-0.2, -0.15) is 4.98 Å². The van der Waals surface area contributed by atoms with Crippen LogP contribution in [0.2, 0.25) is 0 Å². The Morgan fingerprint density at radius 2 is 1.63 bits per heavy atom. The Kier molecular flexibility index (Phi) is 7.49. The van der Waals surface area contributed by atoms with Gasteiger partial charge in [0.1, 0.15) is 11.7 Å². The molecule has 1 saturated heterocycles. The van der Waals surface area contributed by atoms with Crippen molar-refractivity contribution in [3.63, 3.8) is 0 Å². The molecular weight excluding hydrogens is 438 g/mol. The molecule has 6 nitrogen and oxygen atoms in total. The molecule has 35 heavy (non-hydrogen) atoms. The second kappa shape index (κ2) is 10.7. The third-order valence-electron chi connectivity index (χ3n) is 5.57. The first-order valence-corrected chi connectivity index (χ1v) is 12.1. The van der Waals surface area contributed by atoms with E-state index in [-0.39, 0.29) is 12.2 Å². The number of aryl methyl sites for hydroxylation is 1. The van der Waals surface area contributed by atoms with Crippen LogP contribution < -0.4 is 4.74 Å². The van der Waals surface area contributed by atoms with Gasteiger partial charge < -0.3 is 14.4 Å². The number of carbonyl (C=O) groups is 1. The quantitative estimate of drug-likeness (QED) is 0.408. The summed E-state index contributed by atoms with van der Waals surface area (Å²) >= 11 is 0. The van der Waals surface area contributed by atoms with Gasteiger partial charge in [-0.1, -0.05) is 60.7 Å². The molecule has 1 aromatic heterocycles. The highest BCUT2D eigenvalue weighted by Crippen LogP contribution is 2.24. The predicted octanol–water partition coefficient (Wildman–Crippen LogP) is 6.34. The molecule has 0 N–H and O–H groups in total. The average Bonchev–Trinajstić information content (AvgIpc) is 2.82. The average molecular weight is 472 g/mol. The van der Waals surface area contributed by atoms with E-state index >= 15 is 0 Å². The van der Waals surface area contributed by atoms with E-state index in [4.69, 9.17) is 19.5 Å². The molecule has 2 heterocycles.